The molecule has 42 heavy (non-hydrogen) atoms. The van der Waals surface area contributed by atoms with Crippen molar-refractivity contribution in [3.8, 4) is 11.8 Å². The third-order valence-corrected chi connectivity index (χ3v) is 6.80. The number of likely N-dealkylation sites (N-methyl/N-ethyl adjacent to an activating group) is 1. The topological polar surface area (TPSA) is 64.1 Å². The molecule has 1 N–H and O–H groups in total. The summed E-state index contributed by atoms with van der Waals surface area (Å²) in [7, 11) is 1.99. The van der Waals surface area contributed by atoms with E-state index in [0.29, 0.717) is 30.0 Å². The molecule has 2 aliphatic heterocycles. The lowest BCUT2D eigenvalue weighted by Gasteiger charge is -2.33. The summed E-state index contributed by atoms with van der Waals surface area (Å²) < 4.78 is 41.9. The Morgan fingerprint density at radius 3 is 2.60 bits per heavy atom. The van der Waals surface area contributed by atoms with Gasteiger partial charge in [0.05, 0.1) is 16.8 Å². The van der Waals surface area contributed by atoms with Crippen molar-refractivity contribution < 1.29 is 18.0 Å². The number of benzene rings is 1. The Hall–Kier alpha value is -3.91. The summed E-state index contributed by atoms with van der Waals surface area (Å²) in [5.74, 6) is 5.57. The molecule has 1 aromatic heterocycles. The summed E-state index contributed by atoms with van der Waals surface area (Å²) in [5, 5.41) is 8.66. The largest absolute Gasteiger partial charge is 0.416 e. The second-order valence-electron chi connectivity index (χ2n) is 10.5. The SMILES string of the molecule is C=C1C=CC(Cl)=NN1/C(C#Cc1cncc(C(=O)Nc2ccc(CN3CCN(C)CC3)c(C(F)(F)F)c2)c1)=C\C(C)C. The van der Waals surface area contributed by atoms with E-state index in [9.17, 15) is 18.0 Å². The third-order valence-electron chi connectivity index (χ3n) is 6.60. The maximum Gasteiger partial charge on any atom is 0.416 e. The zero-order valence-electron chi connectivity index (χ0n) is 23.7. The molecule has 220 valence electrons. The van der Waals surface area contributed by atoms with Crippen LogP contribution < -0.4 is 5.32 Å². The van der Waals surface area contributed by atoms with Gasteiger partial charge in [0.1, 0.15) is 10.9 Å². The van der Waals surface area contributed by atoms with Gasteiger partial charge < -0.3 is 10.2 Å². The van der Waals surface area contributed by atoms with Crippen LogP contribution >= 0.6 is 11.6 Å². The molecule has 4 rings (SSSR count). The van der Waals surface area contributed by atoms with Gasteiger partial charge in [-0.3, -0.25) is 14.7 Å². The Morgan fingerprint density at radius 2 is 1.90 bits per heavy atom. The van der Waals surface area contributed by atoms with Gasteiger partial charge in [0.15, 0.2) is 0 Å². The Bertz CT molecular complexity index is 1490. The molecule has 1 fully saturated rings. The first-order chi connectivity index (χ1) is 19.9. The van der Waals surface area contributed by atoms with Crippen LogP contribution in [0.1, 0.15) is 40.9 Å². The molecule has 3 heterocycles. The predicted molar refractivity (Wildman–Crippen MR) is 160 cm³/mol. The quantitative estimate of drug-likeness (QED) is 0.419. The number of amides is 1. The van der Waals surface area contributed by atoms with Gasteiger partial charge in [-0.05, 0) is 60.9 Å². The van der Waals surface area contributed by atoms with Gasteiger partial charge in [0.25, 0.3) is 5.91 Å². The monoisotopic (exact) mass is 596 g/mol. The number of pyridine rings is 1. The van der Waals surface area contributed by atoms with Crippen molar-refractivity contribution in [1.82, 2.24) is 19.8 Å². The lowest BCUT2D eigenvalue weighted by Crippen LogP contribution is -2.44. The smallest absolute Gasteiger partial charge is 0.322 e. The highest BCUT2D eigenvalue weighted by Crippen LogP contribution is 2.34. The van der Waals surface area contributed by atoms with Crippen LogP contribution in [0, 0.1) is 17.8 Å². The molecule has 2 aliphatic rings. The molecule has 11 heteroatoms. The van der Waals surface area contributed by atoms with Gasteiger partial charge in [-0.2, -0.15) is 18.3 Å². The molecule has 1 aromatic carbocycles. The van der Waals surface area contributed by atoms with E-state index in [0.717, 1.165) is 19.2 Å². The number of hydrogen-bond acceptors (Lipinski definition) is 6. The second kappa shape index (κ2) is 13.4. The van der Waals surface area contributed by atoms with Crippen LogP contribution in [-0.2, 0) is 12.7 Å². The van der Waals surface area contributed by atoms with E-state index < -0.39 is 17.6 Å². The van der Waals surface area contributed by atoms with Crippen molar-refractivity contribution in [2.24, 2.45) is 11.0 Å². The van der Waals surface area contributed by atoms with E-state index in [4.69, 9.17) is 11.6 Å². The molecule has 0 bridgehead atoms. The Morgan fingerprint density at radius 1 is 1.17 bits per heavy atom. The van der Waals surface area contributed by atoms with Crippen LogP contribution in [0.25, 0.3) is 0 Å². The van der Waals surface area contributed by atoms with Crippen molar-refractivity contribution in [3.05, 3.63) is 95.1 Å². The number of hydrogen-bond donors (Lipinski definition) is 1. The van der Waals surface area contributed by atoms with Gasteiger partial charge in [-0.15, -0.1) is 0 Å². The lowest BCUT2D eigenvalue weighted by atomic mass is 10.0. The third kappa shape index (κ3) is 8.32. The van der Waals surface area contributed by atoms with Gasteiger partial charge in [0, 0.05) is 56.4 Å². The van der Waals surface area contributed by atoms with Gasteiger partial charge in [0.2, 0.25) is 0 Å². The molecule has 0 atom stereocenters. The van der Waals surface area contributed by atoms with Crippen molar-refractivity contribution >= 4 is 28.4 Å². The number of aromatic nitrogens is 1. The number of halogens is 4. The number of alkyl halides is 3. The minimum Gasteiger partial charge on any atom is -0.322 e. The minimum absolute atomic E-state index is 0.0412. The van der Waals surface area contributed by atoms with E-state index in [1.807, 2.05) is 31.9 Å². The van der Waals surface area contributed by atoms with Crippen LogP contribution in [-0.4, -0.2) is 64.1 Å². The normalized spacial score (nSPS) is 16.8. The summed E-state index contributed by atoms with van der Waals surface area (Å²) >= 11 is 6.07. The van der Waals surface area contributed by atoms with Gasteiger partial charge in [-0.25, -0.2) is 5.01 Å². The number of anilines is 1. The standard InChI is InChI=1S/C31H32ClF3N6O/c1-21(2)15-27(41-22(3)5-10-29(32)38-41)9-6-23-16-25(19-36-18-23)30(42)37-26-8-7-24(28(17-26)31(33,34)35)20-40-13-11-39(4)12-14-40/h5,7-8,10,15-19,21H,3,11-14,20H2,1-2,4H3,(H,37,42)/b27-15-. The first kappa shape index (κ1) is 31.0. The lowest BCUT2D eigenvalue weighted by molar-refractivity contribution is -0.138. The molecular weight excluding hydrogens is 565 g/mol. The fourth-order valence-corrected chi connectivity index (χ4v) is 4.53. The number of carbonyl (C=O) groups is 1. The number of carbonyl (C=O) groups excluding carboxylic acids is 1. The molecule has 0 aliphatic carbocycles. The number of allylic oxidation sites excluding steroid dienone is 4. The molecule has 1 saturated heterocycles. The number of piperazine rings is 1. The zero-order chi connectivity index (χ0) is 30.4. The maximum atomic E-state index is 14.0. The maximum absolute atomic E-state index is 14.0. The highest BCUT2D eigenvalue weighted by molar-refractivity contribution is 6.68. The number of hydrazone groups is 1. The van der Waals surface area contributed by atoms with Crippen LogP contribution in [0.4, 0.5) is 18.9 Å². The average Bonchev–Trinajstić information content (AvgIpc) is 2.94. The summed E-state index contributed by atoms with van der Waals surface area (Å²) in [6, 6.07) is 5.42. The number of nitrogens with zero attached hydrogens (tertiary/aromatic N) is 5. The molecule has 1 amide bonds. The molecule has 2 aromatic rings. The van der Waals surface area contributed by atoms with E-state index >= 15 is 0 Å². The van der Waals surface area contributed by atoms with Gasteiger partial charge in [-0.1, -0.05) is 44.0 Å². The Balaban J connectivity index is 1.52. The highest BCUT2D eigenvalue weighted by atomic mass is 35.5. The minimum atomic E-state index is -4.56. The molecule has 0 unspecified atom stereocenters. The van der Waals surface area contributed by atoms with Crippen molar-refractivity contribution in [3.63, 3.8) is 0 Å². The second-order valence-corrected chi connectivity index (χ2v) is 10.9. The summed E-state index contributed by atoms with van der Waals surface area (Å²) in [6.07, 6.45) is 3.52. The average molecular weight is 597 g/mol. The Kier molecular flexibility index (Phi) is 9.89. The zero-order valence-corrected chi connectivity index (χ0v) is 24.4. The van der Waals surface area contributed by atoms with Crippen molar-refractivity contribution in [1.29, 1.82) is 0 Å². The highest BCUT2D eigenvalue weighted by Gasteiger charge is 2.34. The summed E-state index contributed by atoms with van der Waals surface area (Å²) in [4.78, 5) is 21.3. The fourth-order valence-electron chi connectivity index (χ4n) is 4.39. The van der Waals surface area contributed by atoms with Crippen LogP contribution in [0.5, 0.6) is 0 Å². The predicted octanol–water partition coefficient (Wildman–Crippen LogP) is 5.93. The van der Waals surface area contributed by atoms with Crippen LogP contribution in [0.2, 0.25) is 0 Å². The number of rotatable bonds is 6. The van der Waals surface area contributed by atoms with Gasteiger partial charge >= 0.3 is 6.18 Å². The van der Waals surface area contributed by atoms with Crippen molar-refractivity contribution in [2.75, 3.05) is 38.5 Å². The molecule has 7 nitrogen and oxygen atoms in total. The summed E-state index contributed by atoms with van der Waals surface area (Å²) in [6.45, 7) is 11.1. The Labute approximate surface area is 249 Å². The van der Waals surface area contributed by atoms with E-state index in [2.05, 4.69) is 38.7 Å². The van der Waals surface area contributed by atoms with Crippen LogP contribution in [0.15, 0.2) is 78.0 Å². The molecular formula is C31H32ClF3N6O. The molecule has 0 spiro atoms. The van der Waals surface area contributed by atoms with E-state index in [1.165, 1.54) is 35.6 Å². The summed E-state index contributed by atoms with van der Waals surface area (Å²) in [5.41, 5.74) is 1.16. The first-order valence-electron chi connectivity index (χ1n) is 13.4. The number of nitrogens with one attached hydrogen (secondary N) is 1. The van der Waals surface area contributed by atoms with Crippen molar-refractivity contribution in [2.45, 2.75) is 26.6 Å². The molecule has 0 radical (unpaired) electrons. The first-order valence-corrected chi connectivity index (χ1v) is 13.8. The van der Waals surface area contributed by atoms with E-state index in [-0.39, 0.29) is 34.4 Å². The van der Waals surface area contributed by atoms with E-state index in [1.54, 1.807) is 12.2 Å². The molecule has 0 saturated carbocycles. The van der Waals surface area contributed by atoms with Crippen LogP contribution in [0.3, 0.4) is 0 Å². The fraction of sp³-hybridized carbons (Fsp3) is 0.323.